The Kier molecular flexibility index (Phi) is 6.10. The SMILES string of the molecule is COc1cccc(-c2noc(CCCC(=O)N3C[C@@H]4COC[C@H](C3)N(C)C4)n2)c1. The summed E-state index contributed by atoms with van der Waals surface area (Å²) in [6.07, 6.45) is 1.77. The fraction of sp³-hybridized carbons (Fsp3) is 0.571. The molecule has 4 rings (SSSR count). The molecule has 0 spiro atoms. The molecule has 2 saturated heterocycles. The van der Waals surface area contributed by atoms with Crippen LogP contribution in [0.15, 0.2) is 28.8 Å². The summed E-state index contributed by atoms with van der Waals surface area (Å²) in [5.41, 5.74) is 0.845. The van der Waals surface area contributed by atoms with Crippen molar-refractivity contribution in [2.75, 3.05) is 47.0 Å². The first kappa shape index (κ1) is 19.8. The molecule has 0 N–H and O–H groups in total. The minimum atomic E-state index is 0.199. The number of nitrogens with zero attached hydrogens (tertiary/aromatic N) is 4. The van der Waals surface area contributed by atoms with Gasteiger partial charge in [0.15, 0.2) is 0 Å². The van der Waals surface area contributed by atoms with Crippen molar-refractivity contribution in [3.63, 3.8) is 0 Å². The normalized spacial score (nSPS) is 22.3. The number of hydrogen-bond acceptors (Lipinski definition) is 7. The minimum Gasteiger partial charge on any atom is -0.497 e. The number of amides is 1. The third-order valence-corrected chi connectivity index (χ3v) is 5.67. The van der Waals surface area contributed by atoms with Crippen molar-refractivity contribution < 1.29 is 18.8 Å². The highest BCUT2D eigenvalue weighted by Crippen LogP contribution is 2.22. The molecule has 3 heterocycles. The molecule has 8 nitrogen and oxygen atoms in total. The summed E-state index contributed by atoms with van der Waals surface area (Å²) in [6, 6.07) is 7.83. The second-order valence-corrected chi connectivity index (χ2v) is 7.89. The first-order valence-electron chi connectivity index (χ1n) is 10.1. The number of rotatable bonds is 6. The van der Waals surface area contributed by atoms with E-state index in [-0.39, 0.29) is 11.9 Å². The van der Waals surface area contributed by atoms with Crippen molar-refractivity contribution in [1.29, 1.82) is 0 Å². The van der Waals surface area contributed by atoms with E-state index in [9.17, 15) is 4.79 Å². The van der Waals surface area contributed by atoms with Crippen LogP contribution in [0.2, 0.25) is 0 Å². The molecule has 2 atom stereocenters. The molecular formula is C21H28N4O4. The lowest BCUT2D eigenvalue weighted by Crippen LogP contribution is -2.44. The van der Waals surface area contributed by atoms with E-state index in [1.54, 1.807) is 7.11 Å². The average Bonchev–Trinajstić information content (AvgIpc) is 3.04. The number of aromatic nitrogens is 2. The van der Waals surface area contributed by atoms with Crippen molar-refractivity contribution in [2.45, 2.75) is 25.3 Å². The Morgan fingerprint density at radius 3 is 3.03 bits per heavy atom. The molecule has 0 saturated carbocycles. The van der Waals surface area contributed by atoms with Crippen LogP contribution in [-0.4, -0.2) is 78.9 Å². The molecule has 1 aromatic heterocycles. The van der Waals surface area contributed by atoms with Crippen LogP contribution in [0.4, 0.5) is 0 Å². The van der Waals surface area contributed by atoms with Crippen molar-refractivity contribution >= 4 is 5.91 Å². The van der Waals surface area contributed by atoms with Gasteiger partial charge in [0.25, 0.3) is 0 Å². The van der Waals surface area contributed by atoms with Gasteiger partial charge >= 0.3 is 0 Å². The van der Waals surface area contributed by atoms with Crippen LogP contribution in [0.1, 0.15) is 18.7 Å². The summed E-state index contributed by atoms with van der Waals surface area (Å²) in [5.74, 6) is 2.42. The standard InChI is InChI=1S/C21H28N4O4/c1-24-10-15-11-25(12-17(24)14-28-13-15)20(26)8-4-7-19-22-21(23-29-19)16-5-3-6-18(9-16)27-2/h3,5-6,9,15,17H,4,7-8,10-14H2,1-2H3/t15-,17+/m1/s1. The number of hydrogen-bond donors (Lipinski definition) is 0. The van der Waals surface area contributed by atoms with Gasteiger partial charge in [-0.2, -0.15) is 4.98 Å². The van der Waals surface area contributed by atoms with E-state index in [0.29, 0.717) is 43.5 Å². The third kappa shape index (κ3) is 4.76. The first-order valence-corrected chi connectivity index (χ1v) is 10.1. The quantitative estimate of drug-likeness (QED) is 0.732. The lowest BCUT2D eigenvalue weighted by atomic mass is 10.1. The highest BCUT2D eigenvalue weighted by Gasteiger charge is 2.33. The van der Waals surface area contributed by atoms with Crippen LogP contribution >= 0.6 is 0 Å². The molecule has 0 radical (unpaired) electrons. The molecule has 0 aliphatic carbocycles. The molecule has 0 unspecified atom stereocenters. The van der Waals surface area contributed by atoms with Gasteiger partial charge in [0.05, 0.1) is 26.4 Å². The van der Waals surface area contributed by atoms with Crippen LogP contribution in [0.5, 0.6) is 5.75 Å². The van der Waals surface area contributed by atoms with Crippen LogP contribution in [-0.2, 0) is 16.0 Å². The maximum atomic E-state index is 12.8. The summed E-state index contributed by atoms with van der Waals surface area (Å²) in [4.78, 5) is 21.6. The molecule has 1 aromatic carbocycles. The lowest BCUT2D eigenvalue weighted by molar-refractivity contribution is -0.133. The molecule has 1 amide bonds. The topological polar surface area (TPSA) is 80.9 Å². The fourth-order valence-electron chi connectivity index (χ4n) is 4.04. The Labute approximate surface area is 170 Å². The Morgan fingerprint density at radius 2 is 2.17 bits per heavy atom. The van der Waals surface area contributed by atoms with Crippen LogP contribution < -0.4 is 4.74 Å². The second-order valence-electron chi connectivity index (χ2n) is 7.89. The predicted molar refractivity (Wildman–Crippen MR) is 107 cm³/mol. The molecule has 2 bridgehead atoms. The van der Waals surface area contributed by atoms with Gasteiger partial charge in [0.1, 0.15) is 5.75 Å². The highest BCUT2D eigenvalue weighted by atomic mass is 16.5. The number of carbonyl (C=O) groups excluding carboxylic acids is 1. The Bertz CT molecular complexity index is 840. The number of likely N-dealkylation sites (N-methyl/N-ethyl adjacent to an activating group) is 1. The molecule has 156 valence electrons. The highest BCUT2D eigenvalue weighted by molar-refractivity contribution is 5.76. The maximum absolute atomic E-state index is 12.8. The predicted octanol–water partition coefficient (Wildman–Crippen LogP) is 1.86. The number of ether oxygens (including phenoxy) is 2. The summed E-state index contributed by atoms with van der Waals surface area (Å²) >= 11 is 0. The average molecular weight is 400 g/mol. The lowest BCUT2D eigenvalue weighted by Gasteiger charge is -2.29. The number of carbonyl (C=O) groups is 1. The zero-order valence-corrected chi connectivity index (χ0v) is 17.0. The number of aryl methyl sites for hydroxylation is 1. The van der Waals surface area contributed by atoms with E-state index >= 15 is 0 Å². The molecule has 8 heteroatoms. The first-order chi connectivity index (χ1) is 14.1. The summed E-state index contributed by atoms with van der Waals surface area (Å²) in [7, 11) is 3.75. The Hall–Kier alpha value is -2.45. The summed E-state index contributed by atoms with van der Waals surface area (Å²) in [6.45, 7) is 3.95. The third-order valence-electron chi connectivity index (χ3n) is 5.67. The van der Waals surface area contributed by atoms with Crippen molar-refractivity contribution in [3.05, 3.63) is 30.2 Å². The monoisotopic (exact) mass is 400 g/mol. The summed E-state index contributed by atoms with van der Waals surface area (Å²) < 4.78 is 16.3. The van der Waals surface area contributed by atoms with Gasteiger partial charge in [0.2, 0.25) is 17.6 Å². The molecule has 2 aliphatic heterocycles. The van der Waals surface area contributed by atoms with Crippen molar-refractivity contribution in [3.8, 4) is 17.1 Å². The molecule has 2 aliphatic rings. The Morgan fingerprint density at radius 1 is 1.28 bits per heavy atom. The largest absolute Gasteiger partial charge is 0.497 e. The number of methoxy groups -OCH3 is 1. The smallest absolute Gasteiger partial charge is 0.226 e. The molecule has 29 heavy (non-hydrogen) atoms. The van der Waals surface area contributed by atoms with Gasteiger partial charge in [-0.15, -0.1) is 0 Å². The van der Waals surface area contributed by atoms with Gasteiger partial charge in [-0.1, -0.05) is 17.3 Å². The van der Waals surface area contributed by atoms with Gasteiger partial charge in [-0.3, -0.25) is 9.69 Å². The molecule has 2 aromatic rings. The van der Waals surface area contributed by atoms with Gasteiger partial charge in [-0.25, -0.2) is 0 Å². The maximum Gasteiger partial charge on any atom is 0.226 e. The van der Waals surface area contributed by atoms with Crippen molar-refractivity contribution in [2.24, 2.45) is 5.92 Å². The van der Waals surface area contributed by atoms with Crippen LogP contribution in [0, 0.1) is 5.92 Å². The second kappa shape index (κ2) is 8.92. The number of fused-ring (bicyclic) bond motifs is 3. The Balaban J connectivity index is 1.30. The molecule has 2 fully saturated rings. The van der Waals surface area contributed by atoms with E-state index in [1.807, 2.05) is 29.2 Å². The number of benzene rings is 1. The van der Waals surface area contributed by atoms with Gasteiger partial charge in [0, 0.05) is 44.0 Å². The fourth-order valence-corrected chi connectivity index (χ4v) is 4.04. The zero-order chi connectivity index (χ0) is 20.2. The van der Waals surface area contributed by atoms with Crippen LogP contribution in [0.25, 0.3) is 11.4 Å². The van der Waals surface area contributed by atoms with E-state index in [0.717, 1.165) is 37.6 Å². The zero-order valence-electron chi connectivity index (χ0n) is 17.0. The van der Waals surface area contributed by atoms with Crippen LogP contribution in [0.3, 0.4) is 0 Å². The van der Waals surface area contributed by atoms with Gasteiger partial charge < -0.3 is 18.9 Å². The van der Waals surface area contributed by atoms with Crippen molar-refractivity contribution in [1.82, 2.24) is 19.9 Å². The minimum absolute atomic E-state index is 0.199. The molecular weight excluding hydrogens is 372 g/mol. The summed E-state index contributed by atoms with van der Waals surface area (Å²) in [5, 5.41) is 4.05. The van der Waals surface area contributed by atoms with Gasteiger partial charge in [-0.05, 0) is 25.6 Å². The van der Waals surface area contributed by atoms with E-state index in [4.69, 9.17) is 14.0 Å². The van der Waals surface area contributed by atoms with E-state index < -0.39 is 0 Å². The van der Waals surface area contributed by atoms with E-state index in [1.165, 1.54) is 0 Å². The van der Waals surface area contributed by atoms with E-state index in [2.05, 4.69) is 22.1 Å².